The molecule has 2 N–H and O–H groups in total. The molecular formula is C28H36ClN5O3. The zero-order valence-corrected chi connectivity index (χ0v) is 23.0. The zero-order chi connectivity index (χ0) is 26.7. The van der Waals surface area contributed by atoms with Gasteiger partial charge < -0.3 is 24.8 Å². The Labute approximate surface area is 223 Å². The summed E-state index contributed by atoms with van der Waals surface area (Å²) in [4.78, 5) is 38.4. The molecule has 0 atom stereocenters. The van der Waals surface area contributed by atoms with E-state index in [0.717, 1.165) is 43.5 Å². The fourth-order valence-electron chi connectivity index (χ4n) is 5.44. The molecular weight excluding hydrogens is 490 g/mol. The lowest BCUT2D eigenvalue weighted by molar-refractivity contribution is 0.0950. The zero-order valence-electron chi connectivity index (χ0n) is 22.2. The molecule has 1 aliphatic carbocycles. The molecule has 8 nitrogen and oxygen atoms in total. The average Bonchev–Trinajstić information content (AvgIpc) is 2.90. The highest BCUT2D eigenvalue weighted by molar-refractivity contribution is 6.31. The number of anilines is 1. The molecule has 1 aliphatic rings. The van der Waals surface area contributed by atoms with Crippen molar-refractivity contribution < 1.29 is 9.53 Å². The first kappa shape index (κ1) is 26.9. The van der Waals surface area contributed by atoms with Crippen molar-refractivity contribution in [3.05, 3.63) is 62.4 Å². The third-order valence-electron chi connectivity index (χ3n) is 7.53. The van der Waals surface area contributed by atoms with Crippen LogP contribution in [0.2, 0.25) is 5.02 Å². The van der Waals surface area contributed by atoms with Crippen molar-refractivity contribution in [2.45, 2.75) is 58.2 Å². The summed E-state index contributed by atoms with van der Waals surface area (Å²) in [6.07, 6.45) is 6.07. The lowest BCUT2D eigenvalue weighted by Crippen LogP contribution is -2.42. The summed E-state index contributed by atoms with van der Waals surface area (Å²) in [7, 11) is 5.77. The maximum absolute atomic E-state index is 13.4. The molecule has 198 valence electrons. The molecule has 1 fully saturated rings. The third-order valence-corrected chi connectivity index (χ3v) is 7.74. The number of rotatable bonds is 8. The van der Waals surface area contributed by atoms with Crippen molar-refractivity contribution in [1.82, 2.24) is 20.2 Å². The van der Waals surface area contributed by atoms with E-state index in [9.17, 15) is 9.59 Å². The molecule has 3 aromatic rings. The van der Waals surface area contributed by atoms with Crippen LogP contribution in [0, 0.1) is 6.92 Å². The van der Waals surface area contributed by atoms with Crippen LogP contribution in [0.25, 0.3) is 11.0 Å². The van der Waals surface area contributed by atoms with Gasteiger partial charge in [-0.05, 0) is 83.5 Å². The second-order valence-corrected chi connectivity index (χ2v) is 10.3. The number of halogens is 1. The van der Waals surface area contributed by atoms with Crippen LogP contribution in [0.5, 0.6) is 5.88 Å². The lowest BCUT2D eigenvalue weighted by atomic mass is 9.89. The normalized spacial score (nSPS) is 17.7. The van der Waals surface area contributed by atoms with Gasteiger partial charge in [0, 0.05) is 41.1 Å². The average molecular weight is 526 g/mol. The molecule has 2 aromatic heterocycles. The van der Waals surface area contributed by atoms with Gasteiger partial charge in [-0.1, -0.05) is 11.6 Å². The number of methoxy groups -OCH3 is 1. The first-order valence-electron chi connectivity index (χ1n) is 12.8. The van der Waals surface area contributed by atoms with Crippen LogP contribution < -0.4 is 20.4 Å². The van der Waals surface area contributed by atoms with Crippen molar-refractivity contribution in [3.63, 3.8) is 0 Å². The Bertz CT molecular complexity index is 1330. The molecule has 1 aromatic carbocycles. The topological polar surface area (TPSA) is 90.6 Å². The van der Waals surface area contributed by atoms with Gasteiger partial charge in [-0.25, -0.2) is 0 Å². The number of nitrogens with zero attached hydrogens (tertiary/aromatic N) is 3. The van der Waals surface area contributed by atoms with Gasteiger partial charge in [0.1, 0.15) is 5.52 Å². The van der Waals surface area contributed by atoms with E-state index in [0.29, 0.717) is 45.1 Å². The fourth-order valence-corrected chi connectivity index (χ4v) is 5.65. The summed E-state index contributed by atoms with van der Waals surface area (Å²) in [6, 6.07) is 8.17. The van der Waals surface area contributed by atoms with E-state index >= 15 is 0 Å². The first-order chi connectivity index (χ1) is 17.7. The number of aromatic amines is 1. The van der Waals surface area contributed by atoms with Crippen molar-refractivity contribution in [1.29, 1.82) is 0 Å². The summed E-state index contributed by atoms with van der Waals surface area (Å²) in [5, 5.41) is 3.41. The molecule has 0 saturated heterocycles. The van der Waals surface area contributed by atoms with E-state index in [1.165, 1.54) is 7.11 Å². The second kappa shape index (κ2) is 11.5. The molecule has 2 heterocycles. The van der Waals surface area contributed by atoms with Gasteiger partial charge in [-0.3, -0.25) is 14.6 Å². The molecule has 9 heteroatoms. The molecule has 37 heavy (non-hydrogen) atoms. The van der Waals surface area contributed by atoms with Gasteiger partial charge in [-0.2, -0.15) is 0 Å². The van der Waals surface area contributed by atoms with Gasteiger partial charge in [0.05, 0.1) is 24.7 Å². The number of hydrogen-bond donors (Lipinski definition) is 2. The standard InChI is InChI=1S/C28H36ClN5O3/c1-6-34(20-11-9-19(10-12-20)33(3)4)24-15-18(29)14-21(17(24)2)27(36)31-16-22-26(35)25-23(8-7-13-30-25)32-28(22)37-5/h7-8,13-15,19-20H,6,9-12,16H2,1-5H3,(H,31,36)(H,32,35)/t19-,20-. The molecule has 0 bridgehead atoms. The Hall–Kier alpha value is -3.10. The van der Waals surface area contributed by atoms with E-state index in [-0.39, 0.29) is 17.9 Å². The summed E-state index contributed by atoms with van der Waals surface area (Å²) >= 11 is 6.53. The highest BCUT2D eigenvalue weighted by Gasteiger charge is 2.28. The fraction of sp³-hybridized carbons (Fsp3) is 0.464. The number of nitrogens with one attached hydrogen (secondary N) is 2. The van der Waals surface area contributed by atoms with E-state index in [1.54, 1.807) is 24.4 Å². The highest BCUT2D eigenvalue weighted by Crippen LogP contribution is 2.34. The monoisotopic (exact) mass is 525 g/mol. The Morgan fingerprint density at radius 2 is 1.92 bits per heavy atom. The Morgan fingerprint density at radius 3 is 2.57 bits per heavy atom. The number of aromatic nitrogens is 2. The summed E-state index contributed by atoms with van der Waals surface area (Å²) in [5.74, 6) is 0.0102. The third kappa shape index (κ3) is 5.60. The molecule has 1 amide bonds. The Morgan fingerprint density at radius 1 is 1.22 bits per heavy atom. The predicted octanol–water partition coefficient (Wildman–Crippen LogP) is 4.52. The number of carbonyl (C=O) groups excluding carboxylic acids is 1. The molecule has 1 saturated carbocycles. The molecule has 4 rings (SSSR count). The molecule has 0 spiro atoms. The van der Waals surface area contributed by atoms with Crippen molar-refractivity contribution in [2.75, 3.05) is 32.6 Å². The van der Waals surface area contributed by atoms with Gasteiger partial charge in [-0.15, -0.1) is 0 Å². The van der Waals surface area contributed by atoms with E-state index in [4.69, 9.17) is 16.3 Å². The Kier molecular flexibility index (Phi) is 8.39. The lowest BCUT2D eigenvalue weighted by Gasteiger charge is -2.40. The summed E-state index contributed by atoms with van der Waals surface area (Å²) < 4.78 is 5.40. The highest BCUT2D eigenvalue weighted by atomic mass is 35.5. The van der Waals surface area contributed by atoms with Crippen molar-refractivity contribution >= 4 is 34.2 Å². The van der Waals surface area contributed by atoms with Crippen LogP contribution in [0.1, 0.15) is 54.1 Å². The van der Waals surface area contributed by atoms with Gasteiger partial charge in [0.15, 0.2) is 5.88 Å². The van der Waals surface area contributed by atoms with Gasteiger partial charge >= 0.3 is 0 Å². The van der Waals surface area contributed by atoms with E-state index in [1.807, 2.05) is 13.0 Å². The number of fused-ring (bicyclic) bond motifs is 1. The number of H-pyrrole nitrogens is 1. The van der Waals surface area contributed by atoms with Crippen LogP contribution in [0.15, 0.2) is 35.3 Å². The van der Waals surface area contributed by atoms with Crippen molar-refractivity contribution in [2.24, 2.45) is 0 Å². The van der Waals surface area contributed by atoms with E-state index in [2.05, 4.69) is 46.1 Å². The number of pyridine rings is 2. The smallest absolute Gasteiger partial charge is 0.251 e. The van der Waals surface area contributed by atoms with E-state index < -0.39 is 0 Å². The largest absolute Gasteiger partial charge is 0.482 e. The molecule has 0 unspecified atom stereocenters. The minimum atomic E-state index is -0.295. The summed E-state index contributed by atoms with van der Waals surface area (Å²) in [5.41, 5.74) is 3.27. The number of benzene rings is 1. The van der Waals surface area contributed by atoms with Crippen molar-refractivity contribution in [3.8, 4) is 5.88 Å². The van der Waals surface area contributed by atoms with Crippen LogP contribution in [-0.4, -0.2) is 60.6 Å². The van der Waals surface area contributed by atoms with Crippen LogP contribution in [0.3, 0.4) is 0 Å². The van der Waals surface area contributed by atoms with Gasteiger partial charge in [0.25, 0.3) is 5.91 Å². The Balaban J connectivity index is 1.58. The molecule has 0 aliphatic heterocycles. The second-order valence-electron chi connectivity index (χ2n) is 9.86. The predicted molar refractivity (Wildman–Crippen MR) is 149 cm³/mol. The molecule has 0 radical (unpaired) electrons. The van der Waals surface area contributed by atoms with Gasteiger partial charge in [0.2, 0.25) is 5.43 Å². The minimum absolute atomic E-state index is 0.00280. The first-order valence-corrected chi connectivity index (χ1v) is 13.2. The maximum atomic E-state index is 13.4. The maximum Gasteiger partial charge on any atom is 0.251 e. The number of carbonyl (C=O) groups is 1. The number of hydrogen-bond acceptors (Lipinski definition) is 6. The number of ether oxygens (including phenoxy) is 1. The van der Waals surface area contributed by atoms with Crippen LogP contribution in [0.4, 0.5) is 5.69 Å². The van der Waals surface area contributed by atoms with Crippen LogP contribution >= 0.6 is 11.6 Å². The minimum Gasteiger partial charge on any atom is -0.482 e. The summed E-state index contributed by atoms with van der Waals surface area (Å²) in [6.45, 7) is 4.93. The number of amides is 1. The van der Waals surface area contributed by atoms with Crippen LogP contribution in [-0.2, 0) is 6.54 Å². The SMILES string of the molecule is CCN(c1cc(Cl)cc(C(=O)NCc2c(OC)[nH]c3cccnc3c2=O)c1C)[C@H]1CC[C@H](N(C)C)CC1. The quantitative estimate of drug-likeness (QED) is 0.449.